The van der Waals surface area contributed by atoms with Crippen molar-refractivity contribution in [3.8, 4) is 0 Å². The molecule has 0 aliphatic carbocycles. The molecule has 2 aromatic rings. The number of nitrogens with one attached hydrogen (secondary N) is 1. The number of benzene rings is 1. The number of aryl methyl sites for hydroxylation is 1. The minimum Gasteiger partial charge on any atom is -0.340 e. The third-order valence-electron chi connectivity index (χ3n) is 4.64. The Hall–Kier alpha value is -2.84. The van der Waals surface area contributed by atoms with Gasteiger partial charge in [0, 0.05) is 29.2 Å². The molecule has 0 amide bonds. The number of fused-ring (bicyclic) bond motifs is 1. The van der Waals surface area contributed by atoms with Crippen molar-refractivity contribution in [1.29, 1.82) is 0 Å². The maximum Gasteiger partial charge on any atom is 0.214 e. The van der Waals surface area contributed by atoms with Crippen LogP contribution in [0.1, 0.15) is 12.5 Å². The zero-order valence-electron chi connectivity index (χ0n) is 15.5. The van der Waals surface area contributed by atoms with Crippen LogP contribution in [0.3, 0.4) is 0 Å². The van der Waals surface area contributed by atoms with Crippen molar-refractivity contribution in [2.75, 3.05) is 5.32 Å². The second kappa shape index (κ2) is 7.20. The smallest absolute Gasteiger partial charge is 0.214 e. The van der Waals surface area contributed by atoms with Gasteiger partial charge in [0.25, 0.3) is 0 Å². The summed E-state index contributed by atoms with van der Waals surface area (Å²) in [6, 6.07) is 9.56. The number of halogens is 2. The van der Waals surface area contributed by atoms with Crippen LogP contribution in [-0.2, 0) is 9.84 Å². The summed E-state index contributed by atoms with van der Waals surface area (Å²) in [5.74, 6) is -0.301. The number of rotatable bonds is 4. The van der Waals surface area contributed by atoms with Crippen molar-refractivity contribution >= 4 is 38.5 Å². The van der Waals surface area contributed by atoms with Crippen LogP contribution in [0.5, 0.6) is 0 Å². The van der Waals surface area contributed by atoms with Gasteiger partial charge in [0.1, 0.15) is 16.2 Å². The summed E-state index contributed by atoms with van der Waals surface area (Å²) < 4.78 is 40.3. The van der Waals surface area contributed by atoms with Gasteiger partial charge in [-0.1, -0.05) is 29.8 Å². The number of hydrogen-bond donors (Lipinski definition) is 1. The number of sulfone groups is 1. The zero-order chi connectivity index (χ0) is 20.8. The molecule has 0 fully saturated rings. The zero-order valence-corrected chi connectivity index (χ0v) is 17.1. The van der Waals surface area contributed by atoms with Gasteiger partial charge in [0.2, 0.25) is 5.95 Å². The number of anilines is 1. The maximum atomic E-state index is 13.4. The summed E-state index contributed by atoms with van der Waals surface area (Å²) in [5, 5.41) is 2.09. The Labute approximate surface area is 172 Å². The monoisotopic (exact) mass is 430 g/mol. The summed E-state index contributed by atoms with van der Waals surface area (Å²) >= 11 is 6.12. The molecule has 29 heavy (non-hydrogen) atoms. The lowest BCUT2D eigenvalue weighted by Gasteiger charge is -2.25. The Balaban J connectivity index is 1.80. The molecule has 1 aromatic heterocycles. The number of allylic oxidation sites excluding steroid dienone is 2. The topological polar surface area (TPSA) is 83.8 Å². The largest absolute Gasteiger partial charge is 0.340 e. The minimum atomic E-state index is -3.81. The Morgan fingerprint density at radius 1 is 1.14 bits per heavy atom. The number of pyridine rings is 1. The number of aliphatic imine (C=N–C) groups is 2. The second-order valence-corrected chi connectivity index (χ2v) is 9.05. The van der Waals surface area contributed by atoms with E-state index in [1.54, 1.807) is 50.3 Å². The molecule has 0 saturated carbocycles. The highest BCUT2D eigenvalue weighted by Crippen LogP contribution is 2.34. The average molecular weight is 431 g/mol. The van der Waals surface area contributed by atoms with E-state index >= 15 is 0 Å². The van der Waals surface area contributed by atoms with Crippen molar-refractivity contribution < 1.29 is 12.8 Å². The van der Waals surface area contributed by atoms with Crippen LogP contribution in [-0.4, -0.2) is 30.1 Å². The molecule has 0 bridgehead atoms. The average Bonchev–Trinajstić information content (AvgIpc) is 3.03. The molecule has 4 rings (SSSR count). The Morgan fingerprint density at radius 2 is 1.90 bits per heavy atom. The SMILES string of the molecule is CC1=NC(Nc2ccnc(F)c2)=C2C=C(Cl)N=C2C1S(=O)(=O)c1ccccc1C. The van der Waals surface area contributed by atoms with Crippen molar-refractivity contribution in [3.63, 3.8) is 0 Å². The normalized spacial score (nSPS) is 18.8. The Kier molecular flexibility index (Phi) is 4.84. The number of aromatic nitrogens is 1. The number of hydrogen-bond acceptors (Lipinski definition) is 6. The van der Waals surface area contributed by atoms with Crippen LogP contribution in [0, 0.1) is 12.9 Å². The lowest BCUT2D eigenvalue weighted by Crippen LogP contribution is -2.40. The summed E-state index contributed by atoms with van der Waals surface area (Å²) in [5.41, 5.74) is 2.16. The van der Waals surface area contributed by atoms with E-state index in [4.69, 9.17) is 11.6 Å². The Morgan fingerprint density at radius 3 is 2.62 bits per heavy atom. The van der Waals surface area contributed by atoms with Crippen LogP contribution in [0.25, 0.3) is 0 Å². The molecule has 1 aromatic carbocycles. The predicted octanol–water partition coefficient (Wildman–Crippen LogP) is 4.00. The predicted molar refractivity (Wildman–Crippen MR) is 111 cm³/mol. The fourth-order valence-corrected chi connectivity index (χ4v) is 5.58. The van der Waals surface area contributed by atoms with Crippen molar-refractivity contribution in [2.45, 2.75) is 24.0 Å². The molecule has 9 heteroatoms. The molecule has 6 nitrogen and oxygen atoms in total. The molecule has 1 atom stereocenters. The molecular weight excluding hydrogens is 415 g/mol. The van der Waals surface area contributed by atoms with E-state index in [0.717, 1.165) is 0 Å². The summed E-state index contributed by atoms with van der Waals surface area (Å²) in [4.78, 5) is 12.5. The van der Waals surface area contributed by atoms with E-state index < -0.39 is 21.0 Å². The molecule has 1 N–H and O–H groups in total. The lowest BCUT2D eigenvalue weighted by atomic mass is 10.0. The third-order valence-corrected chi connectivity index (χ3v) is 7.09. The van der Waals surface area contributed by atoms with E-state index in [2.05, 4.69) is 20.3 Å². The highest BCUT2D eigenvalue weighted by atomic mass is 35.5. The van der Waals surface area contributed by atoms with Crippen molar-refractivity contribution in [2.24, 2.45) is 9.98 Å². The van der Waals surface area contributed by atoms with Gasteiger partial charge in [-0.05, 0) is 37.6 Å². The van der Waals surface area contributed by atoms with Gasteiger partial charge in [-0.2, -0.15) is 4.39 Å². The first-order valence-corrected chi connectivity index (χ1v) is 10.6. The van der Waals surface area contributed by atoms with Gasteiger partial charge >= 0.3 is 0 Å². The van der Waals surface area contributed by atoms with Crippen LogP contribution < -0.4 is 5.32 Å². The number of nitrogens with zero attached hydrogens (tertiary/aromatic N) is 3. The summed E-state index contributed by atoms with van der Waals surface area (Å²) in [7, 11) is -3.81. The quantitative estimate of drug-likeness (QED) is 0.586. The summed E-state index contributed by atoms with van der Waals surface area (Å²) in [6.07, 6.45) is 2.87. The van der Waals surface area contributed by atoms with Crippen molar-refractivity contribution in [1.82, 2.24) is 4.98 Å². The van der Waals surface area contributed by atoms with Gasteiger partial charge in [-0.25, -0.2) is 23.4 Å². The van der Waals surface area contributed by atoms with Crippen molar-refractivity contribution in [3.05, 3.63) is 76.7 Å². The fraction of sp³-hybridized carbons (Fsp3) is 0.150. The highest BCUT2D eigenvalue weighted by molar-refractivity contribution is 7.93. The third kappa shape index (κ3) is 3.49. The fourth-order valence-electron chi connectivity index (χ4n) is 3.37. The molecule has 3 heterocycles. The molecule has 2 aliphatic rings. The Bertz CT molecular complexity index is 1250. The van der Waals surface area contributed by atoms with Crippen LogP contribution >= 0.6 is 11.6 Å². The van der Waals surface area contributed by atoms with Gasteiger partial charge in [0.15, 0.2) is 9.84 Å². The molecular formula is C20H16ClFN4O2S. The minimum absolute atomic E-state index is 0.157. The van der Waals surface area contributed by atoms with E-state index in [9.17, 15) is 12.8 Å². The molecule has 2 aliphatic heterocycles. The molecule has 0 radical (unpaired) electrons. The van der Waals surface area contributed by atoms with Gasteiger partial charge < -0.3 is 5.32 Å². The van der Waals surface area contributed by atoms with E-state index in [1.165, 1.54) is 12.3 Å². The van der Waals surface area contributed by atoms with Crippen LogP contribution in [0.2, 0.25) is 0 Å². The first-order valence-electron chi connectivity index (χ1n) is 8.71. The molecule has 0 saturated heterocycles. The van der Waals surface area contributed by atoms with Crippen LogP contribution in [0.15, 0.2) is 80.1 Å². The van der Waals surface area contributed by atoms with Gasteiger partial charge in [-0.15, -0.1) is 0 Å². The van der Waals surface area contributed by atoms with E-state index in [-0.39, 0.29) is 10.1 Å². The second-order valence-electron chi connectivity index (χ2n) is 6.66. The molecule has 148 valence electrons. The standard InChI is InChI=1S/C20H16ClFN4O2S/c1-11-5-3-4-6-15(11)29(27,28)19-12(2)24-20(14-10-16(21)26-18(14)19)25-13-7-8-23-17(22)9-13/h3-10,19H,1-2H3,(H,23,25). The lowest BCUT2D eigenvalue weighted by molar-refractivity contribution is 0.584. The van der Waals surface area contributed by atoms with Gasteiger partial charge in [-0.3, -0.25) is 0 Å². The van der Waals surface area contributed by atoms with E-state index in [0.29, 0.717) is 34.1 Å². The molecule has 0 spiro atoms. The molecule has 1 unspecified atom stereocenters. The first-order chi connectivity index (χ1) is 13.8. The first kappa shape index (κ1) is 19.5. The highest BCUT2D eigenvalue weighted by Gasteiger charge is 2.41. The van der Waals surface area contributed by atoms with Crippen LogP contribution in [0.4, 0.5) is 10.1 Å². The maximum absolute atomic E-state index is 13.4. The van der Waals surface area contributed by atoms with Gasteiger partial charge in [0.05, 0.1) is 10.6 Å². The summed E-state index contributed by atoms with van der Waals surface area (Å²) in [6.45, 7) is 3.37. The van der Waals surface area contributed by atoms with E-state index in [1.807, 2.05) is 0 Å².